The number of Topliss-reactive ketones (excluding diaryl/α,β-unsaturated/α-hetero) is 1. The average molecular weight is 523 g/mol. The number of primary amides is 1. The van der Waals surface area contributed by atoms with Crippen LogP contribution in [0.15, 0.2) is 54.6 Å². The van der Waals surface area contributed by atoms with Gasteiger partial charge in [0.1, 0.15) is 5.75 Å². The third-order valence-electron chi connectivity index (χ3n) is 6.82. The minimum Gasteiger partial charge on any atom is -0.497 e. The Labute approximate surface area is 221 Å². The molecular formula is C28H31ClN4O4. The van der Waals surface area contributed by atoms with Gasteiger partial charge in [0.2, 0.25) is 0 Å². The van der Waals surface area contributed by atoms with E-state index in [2.05, 4.69) is 0 Å². The molecule has 1 aromatic heterocycles. The van der Waals surface area contributed by atoms with Crippen LogP contribution in [0.5, 0.6) is 5.75 Å². The summed E-state index contributed by atoms with van der Waals surface area (Å²) in [4.78, 5) is 42.0. The summed E-state index contributed by atoms with van der Waals surface area (Å²) in [5.74, 6) is 0.103. The van der Waals surface area contributed by atoms with Crippen molar-refractivity contribution in [2.45, 2.75) is 19.9 Å². The Morgan fingerprint density at radius 1 is 0.973 bits per heavy atom. The van der Waals surface area contributed by atoms with Gasteiger partial charge in [-0.3, -0.25) is 19.3 Å². The summed E-state index contributed by atoms with van der Waals surface area (Å²) in [5, 5.41) is 0.586. The van der Waals surface area contributed by atoms with E-state index < -0.39 is 5.91 Å². The SMILES string of the molecule is COc1ccc(CCn2c(C(=O)CN3CCN(C(=O)c4ccc(Cl)cc4)CC3)cc(C(N)=O)c2C)cc1. The van der Waals surface area contributed by atoms with Crippen molar-refractivity contribution in [3.8, 4) is 5.75 Å². The van der Waals surface area contributed by atoms with Gasteiger partial charge >= 0.3 is 0 Å². The fourth-order valence-electron chi connectivity index (χ4n) is 4.62. The molecule has 0 radical (unpaired) electrons. The first-order chi connectivity index (χ1) is 17.8. The summed E-state index contributed by atoms with van der Waals surface area (Å²) in [6, 6.07) is 16.2. The number of hydrogen-bond acceptors (Lipinski definition) is 5. The number of nitrogens with zero attached hydrogens (tertiary/aromatic N) is 3. The summed E-state index contributed by atoms with van der Waals surface area (Å²) in [7, 11) is 1.62. The lowest BCUT2D eigenvalue weighted by molar-refractivity contribution is 0.0623. The maximum Gasteiger partial charge on any atom is 0.253 e. The van der Waals surface area contributed by atoms with Crippen LogP contribution in [0.4, 0.5) is 0 Å². The van der Waals surface area contributed by atoms with Gasteiger partial charge in [0, 0.05) is 49.0 Å². The number of nitrogens with two attached hydrogens (primary N) is 1. The first-order valence-electron chi connectivity index (χ1n) is 12.2. The normalized spacial score (nSPS) is 14.0. The topological polar surface area (TPSA) is 97.9 Å². The zero-order chi connectivity index (χ0) is 26.5. The van der Waals surface area contributed by atoms with E-state index in [0.717, 1.165) is 11.3 Å². The van der Waals surface area contributed by atoms with E-state index in [-0.39, 0.29) is 18.2 Å². The van der Waals surface area contributed by atoms with Gasteiger partial charge < -0.3 is 19.9 Å². The number of piperazine rings is 1. The van der Waals surface area contributed by atoms with Crippen LogP contribution in [0.25, 0.3) is 0 Å². The summed E-state index contributed by atoms with van der Waals surface area (Å²) in [6.07, 6.45) is 0.684. The smallest absolute Gasteiger partial charge is 0.253 e. The largest absolute Gasteiger partial charge is 0.497 e. The Balaban J connectivity index is 1.41. The van der Waals surface area contributed by atoms with Crippen LogP contribution in [0.2, 0.25) is 5.02 Å². The van der Waals surface area contributed by atoms with E-state index in [0.29, 0.717) is 66.7 Å². The highest BCUT2D eigenvalue weighted by atomic mass is 35.5. The molecule has 9 heteroatoms. The van der Waals surface area contributed by atoms with E-state index in [9.17, 15) is 14.4 Å². The third kappa shape index (κ3) is 6.21. The Bertz CT molecular complexity index is 1280. The van der Waals surface area contributed by atoms with E-state index in [1.165, 1.54) is 0 Å². The molecule has 0 saturated carbocycles. The number of hydrogen-bond donors (Lipinski definition) is 1. The predicted octanol–water partition coefficient (Wildman–Crippen LogP) is 3.44. The van der Waals surface area contributed by atoms with Gasteiger partial charge in [0.05, 0.1) is 24.9 Å². The van der Waals surface area contributed by atoms with Crippen LogP contribution in [0.1, 0.15) is 42.5 Å². The van der Waals surface area contributed by atoms with Crippen molar-refractivity contribution < 1.29 is 19.1 Å². The molecule has 4 rings (SSSR count). The number of methoxy groups -OCH3 is 1. The summed E-state index contributed by atoms with van der Waals surface area (Å²) < 4.78 is 7.10. The monoisotopic (exact) mass is 522 g/mol. The van der Waals surface area contributed by atoms with Crippen LogP contribution in [-0.4, -0.2) is 71.8 Å². The number of halogens is 1. The summed E-state index contributed by atoms with van der Waals surface area (Å²) in [6.45, 7) is 4.77. The molecule has 2 aromatic carbocycles. The Morgan fingerprint density at radius 3 is 2.22 bits per heavy atom. The second-order valence-corrected chi connectivity index (χ2v) is 9.58. The summed E-state index contributed by atoms with van der Waals surface area (Å²) in [5.41, 5.74) is 8.79. The molecule has 2 N–H and O–H groups in total. The predicted molar refractivity (Wildman–Crippen MR) is 143 cm³/mol. The second kappa shape index (κ2) is 11.6. The first-order valence-corrected chi connectivity index (χ1v) is 12.6. The minimum absolute atomic E-state index is 0.0447. The van der Waals surface area contributed by atoms with E-state index in [1.54, 1.807) is 42.3 Å². The molecule has 0 unspecified atom stereocenters. The van der Waals surface area contributed by atoms with Crippen LogP contribution < -0.4 is 10.5 Å². The number of ether oxygens (including phenoxy) is 1. The molecular weight excluding hydrogens is 492 g/mol. The maximum absolute atomic E-state index is 13.4. The lowest BCUT2D eigenvalue weighted by atomic mass is 10.1. The number of aryl methyl sites for hydroxylation is 1. The highest BCUT2D eigenvalue weighted by molar-refractivity contribution is 6.30. The Hall–Kier alpha value is -3.62. The number of carbonyl (C=O) groups is 3. The molecule has 1 saturated heterocycles. The average Bonchev–Trinajstić information content (AvgIpc) is 3.24. The van der Waals surface area contributed by atoms with E-state index in [1.807, 2.05) is 40.7 Å². The van der Waals surface area contributed by atoms with Gasteiger partial charge in [0.15, 0.2) is 5.78 Å². The van der Waals surface area contributed by atoms with Crippen molar-refractivity contribution in [1.82, 2.24) is 14.4 Å². The van der Waals surface area contributed by atoms with Gasteiger partial charge in [-0.2, -0.15) is 0 Å². The Morgan fingerprint density at radius 2 is 1.62 bits per heavy atom. The molecule has 1 aliphatic heterocycles. The molecule has 1 fully saturated rings. The number of rotatable bonds is 9. The van der Waals surface area contributed by atoms with Crippen LogP contribution in [0, 0.1) is 6.92 Å². The van der Waals surface area contributed by atoms with Crippen molar-refractivity contribution in [1.29, 1.82) is 0 Å². The lowest BCUT2D eigenvalue weighted by Crippen LogP contribution is -2.50. The van der Waals surface area contributed by atoms with Crippen molar-refractivity contribution in [3.05, 3.63) is 87.7 Å². The van der Waals surface area contributed by atoms with Gasteiger partial charge in [-0.15, -0.1) is 0 Å². The zero-order valence-electron chi connectivity index (χ0n) is 21.1. The maximum atomic E-state index is 13.4. The molecule has 1 aliphatic rings. The molecule has 194 valence electrons. The van der Waals surface area contributed by atoms with Crippen LogP contribution >= 0.6 is 11.6 Å². The van der Waals surface area contributed by atoms with Gasteiger partial charge in [-0.1, -0.05) is 23.7 Å². The lowest BCUT2D eigenvalue weighted by Gasteiger charge is -2.34. The van der Waals surface area contributed by atoms with Gasteiger partial charge in [-0.25, -0.2) is 0 Å². The summed E-state index contributed by atoms with van der Waals surface area (Å²) >= 11 is 5.93. The molecule has 3 aromatic rings. The fourth-order valence-corrected chi connectivity index (χ4v) is 4.74. The van der Waals surface area contributed by atoms with Gasteiger partial charge in [-0.05, 0) is 61.4 Å². The molecule has 0 bridgehead atoms. The number of ketones is 1. The highest BCUT2D eigenvalue weighted by Crippen LogP contribution is 2.20. The zero-order valence-corrected chi connectivity index (χ0v) is 21.8. The van der Waals surface area contributed by atoms with Gasteiger partial charge in [0.25, 0.3) is 11.8 Å². The standard InChI is InChI=1S/C28H31ClN4O4/c1-19-24(27(30)35)17-25(33(19)12-11-20-3-9-23(37-2)10-4-20)26(34)18-31-13-15-32(16-14-31)28(36)21-5-7-22(29)8-6-21/h3-10,17H,11-16,18H2,1-2H3,(H2,30,35). The highest BCUT2D eigenvalue weighted by Gasteiger charge is 2.26. The number of carbonyl (C=O) groups excluding carboxylic acids is 3. The fraction of sp³-hybridized carbons (Fsp3) is 0.321. The molecule has 37 heavy (non-hydrogen) atoms. The molecule has 0 spiro atoms. The number of benzene rings is 2. The third-order valence-corrected chi connectivity index (χ3v) is 7.07. The Kier molecular flexibility index (Phi) is 8.31. The van der Waals surface area contributed by atoms with E-state index in [4.69, 9.17) is 22.1 Å². The molecule has 0 aliphatic carbocycles. The molecule has 2 heterocycles. The number of aromatic nitrogens is 1. The first kappa shape index (κ1) is 26.4. The molecule has 2 amide bonds. The van der Waals surface area contributed by atoms with Crippen molar-refractivity contribution in [2.24, 2.45) is 5.73 Å². The second-order valence-electron chi connectivity index (χ2n) is 9.14. The van der Waals surface area contributed by atoms with Crippen LogP contribution in [0.3, 0.4) is 0 Å². The van der Waals surface area contributed by atoms with Crippen molar-refractivity contribution in [2.75, 3.05) is 39.8 Å². The number of amides is 2. The molecule has 0 atom stereocenters. The van der Waals surface area contributed by atoms with Crippen molar-refractivity contribution in [3.63, 3.8) is 0 Å². The van der Waals surface area contributed by atoms with Crippen LogP contribution in [-0.2, 0) is 13.0 Å². The van der Waals surface area contributed by atoms with E-state index >= 15 is 0 Å². The minimum atomic E-state index is -0.552. The quantitative estimate of drug-likeness (QED) is 0.434. The molecule has 8 nitrogen and oxygen atoms in total. The van der Waals surface area contributed by atoms with Crippen molar-refractivity contribution >= 4 is 29.2 Å².